The number of Topliss-reactive ketones (excluding diaryl/α,β-unsaturated/α-hetero) is 2. The van der Waals surface area contributed by atoms with E-state index in [0.29, 0.717) is 11.1 Å². The lowest BCUT2D eigenvalue weighted by atomic mass is 9.59. The average Bonchev–Trinajstić information content (AvgIpc) is 3.21. The Morgan fingerprint density at radius 1 is 1.09 bits per heavy atom. The van der Waals surface area contributed by atoms with Crippen LogP contribution in [0.1, 0.15) is 28.7 Å². The first-order chi connectivity index (χ1) is 15.6. The first-order valence-electron chi connectivity index (χ1n) is 10.7. The van der Waals surface area contributed by atoms with Crippen molar-refractivity contribution >= 4 is 23.2 Å². The number of phenols is 1. The third-order valence-electron chi connectivity index (χ3n) is 7.48. The zero-order valence-corrected chi connectivity index (χ0v) is 18.1. The molecule has 1 saturated carbocycles. The molecule has 0 aromatic heterocycles. The topological polar surface area (TPSA) is 153 Å². The van der Waals surface area contributed by atoms with Gasteiger partial charge in [-0.15, -0.1) is 0 Å². The van der Waals surface area contributed by atoms with Crippen molar-refractivity contribution in [2.45, 2.75) is 32.0 Å². The van der Waals surface area contributed by atoms with E-state index < -0.39 is 64.2 Å². The lowest BCUT2D eigenvalue weighted by Gasteiger charge is -2.46. The molecule has 6 N–H and O–H groups in total. The van der Waals surface area contributed by atoms with Crippen molar-refractivity contribution in [3.8, 4) is 5.75 Å². The Morgan fingerprint density at radius 3 is 2.39 bits per heavy atom. The maximum atomic E-state index is 15.3. The first kappa shape index (κ1) is 21.6. The molecule has 4 atom stereocenters. The summed E-state index contributed by atoms with van der Waals surface area (Å²) in [7, 11) is 3.29. The number of rotatable bonds is 2. The van der Waals surface area contributed by atoms with Crippen LogP contribution in [-0.2, 0) is 33.9 Å². The summed E-state index contributed by atoms with van der Waals surface area (Å²) in [6, 6.07) is -0.827. The van der Waals surface area contributed by atoms with Gasteiger partial charge in [0.15, 0.2) is 11.6 Å². The van der Waals surface area contributed by atoms with E-state index in [2.05, 4.69) is 5.32 Å². The zero-order chi connectivity index (χ0) is 23.9. The van der Waals surface area contributed by atoms with Crippen LogP contribution in [0.25, 0.3) is 5.76 Å². The molecule has 10 heteroatoms. The molecule has 1 aromatic carbocycles. The number of hydrogen-bond acceptors (Lipinski definition) is 8. The third-order valence-corrected chi connectivity index (χ3v) is 7.48. The van der Waals surface area contributed by atoms with Gasteiger partial charge in [-0.2, -0.15) is 0 Å². The summed E-state index contributed by atoms with van der Waals surface area (Å²) in [6.07, 6.45) is 0.243. The minimum Gasteiger partial charge on any atom is -0.510 e. The number of aliphatic hydroxyl groups excluding tert-OH is 2. The normalized spacial score (nSPS) is 28.6. The van der Waals surface area contributed by atoms with Gasteiger partial charge in [0.25, 0.3) is 5.91 Å². The van der Waals surface area contributed by atoms with Gasteiger partial charge in [0.05, 0.1) is 17.5 Å². The predicted molar refractivity (Wildman–Crippen MR) is 113 cm³/mol. The Bertz CT molecular complexity index is 1220. The fourth-order valence-corrected chi connectivity index (χ4v) is 6.15. The van der Waals surface area contributed by atoms with Crippen LogP contribution in [0.4, 0.5) is 4.39 Å². The number of hydrogen-bond donors (Lipinski definition) is 5. The lowest BCUT2D eigenvalue weighted by Crippen LogP contribution is -2.55. The maximum Gasteiger partial charge on any atom is 0.255 e. The number of allylic oxidation sites excluding steroid dienone is 1. The number of nitrogens with one attached hydrogen (secondary N) is 1. The van der Waals surface area contributed by atoms with Crippen LogP contribution in [0.15, 0.2) is 16.9 Å². The smallest absolute Gasteiger partial charge is 0.255 e. The zero-order valence-electron chi connectivity index (χ0n) is 18.1. The van der Waals surface area contributed by atoms with Crippen molar-refractivity contribution in [1.82, 2.24) is 10.2 Å². The number of aromatic hydroxyl groups is 1. The van der Waals surface area contributed by atoms with Gasteiger partial charge in [-0.05, 0) is 38.8 Å². The molecule has 1 aliphatic heterocycles. The van der Waals surface area contributed by atoms with Gasteiger partial charge in [0.1, 0.15) is 28.7 Å². The number of phenolic OH excluding ortho intramolecular Hbond substituents is 1. The van der Waals surface area contributed by atoms with E-state index in [0.717, 1.165) is 0 Å². The van der Waals surface area contributed by atoms with Crippen molar-refractivity contribution in [2.75, 3.05) is 14.1 Å². The van der Waals surface area contributed by atoms with Crippen LogP contribution in [-0.4, -0.2) is 57.8 Å². The fourth-order valence-electron chi connectivity index (χ4n) is 6.15. The number of aliphatic hydroxyl groups is 2. The van der Waals surface area contributed by atoms with E-state index >= 15 is 4.39 Å². The number of halogens is 1. The summed E-state index contributed by atoms with van der Waals surface area (Å²) < 4.78 is 15.3. The molecule has 1 aromatic rings. The number of ketones is 2. The van der Waals surface area contributed by atoms with Gasteiger partial charge in [-0.25, -0.2) is 4.39 Å². The van der Waals surface area contributed by atoms with E-state index in [9.17, 15) is 29.7 Å². The highest BCUT2D eigenvalue weighted by molar-refractivity contribution is 6.28. The standard InChI is InChI=1S/C23H24FN3O6/c1-27(2)17-9-4-7-3-8-13(18(28)11-6-26-5-10(11)16(8)24)19(29)12(7)20(30)14(9)21(31)15(22(17)32)23(25)33/h7,9,14,17,26,28-29,32H,3-6H2,1-2H3,(H2,25,33)/t7-,9?,14?,17-/m0/s1. The number of amides is 1. The van der Waals surface area contributed by atoms with Gasteiger partial charge >= 0.3 is 0 Å². The van der Waals surface area contributed by atoms with Crippen molar-refractivity contribution in [3.63, 3.8) is 0 Å². The number of carbonyl (C=O) groups excluding carboxylic acids is 3. The number of carbonyl (C=O) groups is 3. The number of fused-ring (bicyclic) bond motifs is 4. The third kappa shape index (κ3) is 2.74. The highest BCUT2D eigenvalue weighted by Crippen LogP contribution is 2.51. The van der Waals surface area contributed by atoms with Crippen LogP contribution in [0.3, 0.4) is 0 Å². The Morgan fingerprint density at radius 2 is 1.76 bits per heavy atom. The molecule has 1 heterocycles. The van der Waals surface area contributed by atoms with Gasteiger partial charge in [-0.1, -0.05) is 0 Å². The lowest BCUT2D eigenvalue weighted by molar-refractivity contribution is -0.136. The molecule has 2 unspecified atom stereocenters. The molecule has 3 aliphatic carbocycles. The number of benzene rings is 1. The minimum absolute atomic E-state index is 0.0534. The van der Waals surface area contributed by atoms with E-state index in [1.165, 1.54) is 0 Å². The average molecular weight is 457 g/mol. The molecule has 9 nitrogen and oxygen atoms in total. The van der Waals surface area contributed by atoms with Crippen molar-refractivity contribution in [3.05, 3.63) is 45.0 Å². The van der Waals surface area contributed by atoms with Crippen LogP contribution in [0.5, 0.6) is 5.75 Å². The Balaban J connectivity index is 1.69. The first-order valence-corrected chi connectivity index (χ1v) is 10.7. The summed E-state index contributed by atoms with van der Waals surface area (Å²) in [4.78, 5) is 40.2. The molecule has 0 spiro atoms. The molecule has 0 bridgehead atoms. The van der Waals surface area contributed by atoms with E-state index in [1.54, 1.807) is 19.0 Å². The summed E-state index contributed by atoms with van der Waals surface area (Å²) >= 11 is 0. The number of nitrogens with two attached hydrogens (primary N) is 1. The van der Waals surface area contributed by atoms with Gasteiger partial charge in [-0.3, -0.25) is 19.3 Å². The van der Waals surface area contributed by atoms with Gasteiger partial charge in [0.2, 0.25) is 0 Å². The predicted octanol–water partition coefficient (Wildman–Crippen LogP) is 0.591. The fraction of sp³-hybridized carbons (Fsp3) is 0.435. The quantitative estimate of drug-likeness (QED) is 0.320. The SMILES string of the molecule is CN(C)[C@@H]1C(O)=C(C(N)=O)C(=O)C2C(=O)C3=C(O)c4c(O)c5c(c(F)c4C[C@H]3CC21)CNC5. The number of primary amides is 1. The van der Waals surface area contributed by atoms with E-state index in [-0.39, 0.29) is 48.4 Å². The molecule has 0 radical (unpaired) electrons. The molecular weight excluding hydrogens is 433 g/mol. The van der Waals surface area contributed by atoms with Crippen LogP contribution in [0.2, 0.25) is 0 Å². The molecule has 4 aliphatic rings. The van der Waals surface area contributed by atoms with Crippen LogP contribution in [0, 0.1) is 23.6 Å². The Hall–Kier alpha value is -3.24. The summed E-state index contributed by atoms with van der Waals surface area (Å²) in [5.41, 5.74) is 5.36. The van der Waals surface area contributed by atoms with E-state index in [1.807, 2.05) is 0 Å². The molecule has 1 amide bonds. The number of nitrogens with zero attached hydrogens (tertiary/aromatic N) is 1. The second kappa shape index (κ2) is 7.13. The van der Waals surface area contributed by atoms with E-state index in [4.69, 9.17) is 5.73 Å². The maximum absolute atomic E-state index is 15.3. The highest BCUT2D eigenvalue weighted by atomic mass is 19.1. The minimum atomic E-state index is -1.33. The Kier molecular flexibility index (Phi) is 4.67. The van der Waals surface area contributed by atoms with Gasteiger partial charge < -0.3 is 26.4 Å². The Labute approximate surface area is 188 Å². The second-order valence-corrected chi connectivity index (χ2v) is 9.38. The molecule has 5 rings (SSSR count). The summed E-state index contributed by atoms with van der Waals surface area (Å²) in [5, 5.41) is 35.5. The summed E-state index contributed by atoms with van der Waals surface area (Å²) in [6.45, 7) is 0.477. The highest BCUT2D eigenvalue weighted by Gasteiger charge is 2.56. The van der Waals surface area contributed by atoms with Crippen LogP contribution < -0.4 is 11.1 Å². The molecular formula is C23H24FN3O6. The van der Waals surface area contributed by atoms with Crippen LogP contribution >= 0.6 is 0 Å². The summed E-state index contributed by atoms with van der Waals surface area (Å²) in [5.74, 6) is -7.17. The van der Waals surface area contributed by atoms with Gasteiger partial charge in [0, 0.05) is 35.4 Å². The van der Waals surface area contributed by atoms with Crippen molar-refractivity contribution in [1.29, 1.82) is 0 Å². The van der Waals surface area contributed by atoms with Crippen molar-refractivity contribution < 1.29 is 34.1 Å². The molecule has 33 heavy (non-hydrogen) atoms. The van der Waals surface area contributed by atoms with Crippen molar-refractivity contribution in [2.24, 2.45) is 23.5 Å². The second-order valence-electron chi connectivity index (χ2n) is 9.38. The molecule has 1 fully saturated rings. The largest absolute Gasteiger partial charge is 0.510 e. The monoisotopic (exact) mass is 457 g/mol. The molecule has 174 valence electrons. The number of likely N-dealkylation sites (N-methyl/N-ethyl adjacent to an activating group) is 1. The molecule has 0 saturated heterocycles.